The number of aliphatic hydroxyl groups excluding tert-OH is 3. The lowest BCUT2D eigenvalue weighted by Crippen LogP contribution is -2.53. The molecule has 3 N–H and O–H groups in total. The Bertz CT molecular complexity index is 145. The third kappa shape index (κ3) is 1.61. The topological polar surface area (TPSA) is 69.9 Å². The summed E-state index contributed by atoms with van der Waals surface area (Å²) in [5.74, 6) is -0.131. The van der Waals surface area contributed by atoms with Gasteiger partial charge in [-0.25, -0.2) is 0 Å². The minimum atomic E-state index is -1.25. The zero-order chi connectivity index (χ0) is 9.30. The second-order valence-corrected chi connectivity index (χ2v) is 3.31. The quantitative estimate of drug-likeness (QED) is 0.502. The van der Waals surface area contributed by atoms with Crippen LogP contribution in [0.5, 0.6) is 0 Å². The summed E-state index contributed by atoms with van der Waals surface area (Å²) in [4.78, 5) is 0. The van der Waals surface area contributed by atoms with Gasteiger partial charge in [0.25, 0.3) is 0 Å². The summed E-state index contributed by atoms with van der Waals surface area (Å²) in [6, 6.07) is 0. The molecule has 0 amide bonds. The van der Waals surface area contributed by atoms with Crippen molar-refractivity contribution in [1.29, 1.82) is 0 Å². The molecule has 0 aromatic carbocycles. The molecule has 1 saturated heterocycles. The molecular formula is C8H16O4. The maximum Gasteiger partial charge on any atom is 0.183 e. The lowest BCUT2D eigenvalue weighted by atomic mass is 9.89. The maximum absolute atomic E-state index is 9.43. The van der Waals surface area contributed by atoms with Crippen molar-refractivity contribution in [2.75, 3.05) is 0 Å². The van der Waals surface area contributed by atoms with Crippen LogP contribution in [0, 0.1) is 5.92 Å². The zero-order valence-corrected chi connectivity index (χ0v) is 7.34. The third-order valence-electron chi connectivity index (χ3n) is 2.48. The van der Waals surface area contributed by atoms with E-state index in [1.807, 2.05) is 6.92 Å². The van der Waals surface area contributed by atoms with Crippen LogP contribution in [0.15, 0.2) is 0 Å². The van der Waals surface area contributed by atoms with Gasteiger partial charge >= 0.3 is 0 Å². The molecule has 4 nitrogen and oxygen atoms in total. The standard InChI is InChI=1S/C8H16O4/c1-3-5-4(2)6(9)7(10)8(11)12-5/h4-11H,3H2,1-2H3. The Labute approximate surface area is 71.8 Å². The fourth-order valence-electron chi connectivity index (χ4n) is 1.55. The van der Waals surface area contributed by atoms with Crippen LogP contribution in [0.25, 0.3) is 0 Å². The number of ether oxygens (including phenoxy) is 1. The summed E-state index contributed by atoms with van der Waals surface area (Å²) < 4.78 is 5.08. The van der Waals surface area contributed by atoms with Crippen LogP contribution in [0.4, 0.5) is 0 Å². The summed E-state index contributed by atoms with van der Waals surface area (Å²) in [5, 5.41) is 27.8. The smallest absolute Gasteiger partial charge is 0.183 e. The first-order chi connectivity index (χ1) is 5.57. The Morgan fingerprint density at radius 2 is 1.75 bits per heavy atom. The van der Waals surface area contributed by atoms with E-state index >= 15 is 0 Å². The van der Waals surface area contributed by atoms with Crippen molar-refractivity contribution in [2.45, 2.75) is 44.9 Å². The second-order valence-electron chi connectivity index (χ2n) is 3.31. The van der Waals surface area contributed by atoms with E-state index in [2.05, 4.69) is 0 Å². The first-order valence-corrected chi connectivity index (χ1v) is 4.27. The van der Waals surface area contributed by atoms with Crippen molar-refractivity contribution in [1.82, 2.24) is 0 Å². The van der Waals surface area contributed by atoms with Gasteiger partial charge in [-0.1, -0.05) is 13.8 Å². The average Bonchev–Trinajstić information content (AvgIpc) is 2.08. The number of hydrogen-bond donors (Lipinski definition) is 3. The van der Waals surface area contributed by atoms with Crippen molar-refractivity contribution in [3.63, 3.8) is 0 Å². The Morgan fingerprint density at radius 3 is 2.25 bits per heavy atom. The minimum Gasteiger partial charge on any atom is -0.390 e. The largest absolute Gasteiger partial charge is 0.390 e. The van der Waals surface area contributed by atoms with Crippen LogP contribution in [0.2, 0.25) is 0 Å². The molecule has 5 unspecified atom stereocenters. The first kappa shape index (κ1) is 9.92. The van der Waals surface area contributed by atoms with E-state index in [0.717, 1.165) is 6.42 Å². The first-order valence-electron chi connectivity index (χ1n) is 4.27. The molecule has 0 spiro atoms. The summed E-state index contributed by atoms with van der Waals surface area (Å²) in [6.07, 6.45) is -2.76. The summed E-state index contributed by atoms with van der Waals surface area (Å²) >= 11 is 0. The van der Waals surface area contributed by atoms with E-state index in [9.17, 15) is 10.2 Å². The number of aliphatic hydroxyl groups is 3. The molecule has 0 aromatic heterocycles. The van der Waals surface area contributed by atoms with Crippen LogP contribution in [-0.4, -0.2) is 39.9 Å². The fourth-order valence-corrected chi connectivity index (χ4v) is 1.55. The third-order valence-corrected chi connectivity index (χ3v) is 2.48. The van der Waals surface area contributed by atoms with Gasteiger partial charge in [-0.3, -0.25) is 0 Å². The van der Waals surface area contributed by atoms with E-state index in [1.54, 1.807) is 6.92 Å². The summed E-state index contributed by atoms with van der Waals surface area (Å²) in [5.41, 5.74) is 0. The van der Waals surface area contributed by atoms with Gasteiger partial charge in [0.2, 0.25) is 0 Å². The van der Waals surface area contributed by atoms with E-state index in [1.165, 1.54) is 0 Å². The highest BCUT2D eigenvalue weighted by molar-refractivity contribution is 4.85. The van der Waals surface area contributed by atoms with Crippen LogP contribution in [0.3, 0.4) is 0 Å². The molecule has 1 aliphatic rings. The van der Waals surface area contributed by atoms with E-state index in [4.69, 9.17) is 9.84 Å². The molecule has 0 bridgehead atoms. The molecule has 5 atom stereocenters. The maximum atomic E-state index is 9.43. The molecule has 1 aliphatic heterocycles. The van der Waals surface area contributed by atoms with Crippen molar-refractivity contribution < 1.29 is 20.1 Å². The van der Waals surface area contributed by atoms with Gasteiger partial charge in [0.15, 0.2) is 6.29 Å². The van der Waals surface area contributed by atoms with Gasteiger partial charge in [-0.2, -0.15) is 0 Å². The molecule has 0 saturated carbocycles. The van der Waals surface area contributed by atoms with Gasteiger partial charge in [-0.15, -0.1) is 0 Å². The highest BCUT2D eigenvalue weighted by atomic mass is 16.6. The molecule has 0 aromatic rings. The van der Waals surface area contributed by atoms with Crippen LogP contribution in [-0.2, 0) is 4.74 Å². The number of rotatable bonds is 1. The van der Waals surface area contributed by atoms with Gasteiger partial charge in [-0.05, 0) is 6.42 Å². The second kappa shape index (κ2) is 3.70. The SMILES string of the molecule is CCC1OC(O)C(O)C(O)C1C. The molecule has 72 valence electrons. The molecule has 1 heterocycles. The van der Waals surface area contributed by atoms with Gasteiger partial charge in [0, 0.05) is 5.92 Å². The molecule has 12 heavy (non-hydrogen) atoms. The molecule has 4 heteroatoms. The molecule has 1 rings (SSSR count). The Morgan fingerprint density at radius 1 is 1.17 bits per heavy atom. The van der Waals surface area contributed by atoms with E-state index in [-0.39, 0.29) is 12.0 Å². The monoisotopic (exact) mass is 176 g/mol. The van der Waals surface area contributed by atoms with E-state index < -0.39 is 18.5 Å². The lowest BCUT2D eigenvalue weighted by molar-refractivity contribution is -0.266. The highest BCUT2D eigenvalue weighted by Gasteiger charge is 2.40. The van der Waals surface area contributed by atoms with E-state index in [0.29, 0.717) is 0 Å². The highest BCUT2D eigenvalue weighted by Crippen LogP contribution is 2.26. The predicted octanol–water partition coefficient (Wildman–Crippen LogP) is -0.529. The Kier molecular flexibility index (Phi) is 3.06. The molecule has 1 fully saturated rings. The van der Waals surface area contributed by atoms with Gasteiger partial charge in [0.1, 0.15) is 6.10 Å². The Balaban J connectivity index is 2.63. The lowest BCUT2D eigenvalue weighted by Gasteiger charge is -2.39. The minimum absolute atomic E-state index is 0.131. The fraction of sp³-hybridized carbons (Fsp3) is 1.00. The van der Waals surface area contributed by atoms with Gasteiger partial charge < -0.3 is 20.1 Å². The van der Waals surface area contributed by atoms with Crippen molar-refractivity contribution in [2.24, 2.45) is 5.92 Å². The zero-order valence-electron chi connectivity index (χ0n) is 7.34. The van der Waals surface area contributed by atoms with Crippen LogP contribution in [0.1, 0.15) is 20.3 Å². The van der Waals surface area contributed by atoms with Crippen molar-refractivity contribution in [3.8, 4) is 0 Å². The molecule has 0 aliphatic carbocycles. The average molecular weight is 176 g/mol. The van der Waals surface area contributed by atoms with Gasteiger partial charge in [0.05, 0.1) is 12.2 Å². The molecule has 0 radical (unpaired) electrons. The van der Waals surface area contributed by atoms with Crippen molar-refractivity contribution in [3.05, 3.63) is 0 Å². The molecular weight excluding hydrogens is 160 g/mol. The van der Waals surface area contributed by atoms with Crippen LogP contribution < -0.4 is 0 Å². The summed E-state index contributed by atoms with van der Waals surface area (Å²) in [7, 11) is 0. The van der Waals surface area contributed by atoms with Crippen molar-refractivity contribution >= 4 is 0 Å². The summed E-state index contributed by atoms with van der Waals surface area (Å²) in [6.45, 7) is 3.71. The van der Waals surface area contributed by atoms with Crippen LogP contribution >= 0.6 is 0 Å². The normalized spacial score (nSPS) is 49.2. The predicted molar refractivity (Wildman–Crippen MR) is 42.3 cm³/mol. The number of hydrogen-bond acceptors (Lipinski definition) is 4. The Hall–Kier alpha value is -0.160.